The maximum Gasteiger partial charge on any atom is 0.230 e. The molecule has 3 aliphatic heterocycles. The monoisotopic (exact) mass is 494 g/mol. The minimum absolute atomic E-state index is 0.0177. The molecule has 3 aliphatic rings. The number of hydrazine groups is 1. The molecule has 5 rings (SSSR count). The molecule has 3 N–H and O–H groups in total. The molecule has 3 heterocycles. The third-order valence-corrected chi connectivity index (χ3v) is 7.39. The van der Waals surface area contributed by atoms with Gasteiger partial charge in [0.25, 0.3) is 0 Å². The Bertz CT molecular complexity index is 1110. The summed E-state index contributed by atoms with van der Waals surface area (Å²) in [6.45, 7) is 0.551. The number of ether oxygens (including phenoxy) is 2. The molecule has 35 heavy (non-hydrogen) atoms. The molecule has 3 atom stereocenters. The molecule has 0 aromatic heterocycles. The fraction of sp³-hybridized carbons (Fsp3) is 0.360. The highest BCUT2D eigenvalue weighted by atomic mass is 32.2. The van der Waals surface area contributed by atoms with Gasteiger partial charge in [-0.25, -0.2) is 5.43 Å². The first-order chi connectivity index (χ1) is 17.2. The molecular weight excluding hydrogens is 464 g/mol. The van der Waals surface area contributed by atoms with Crippen LogP contribution in [0.1, 0.15) is 23.6 Å². The van der Waals surface area contributed by atoms with Crippen LogP contribution in [0.3, 0.4) is 0 Å². The van der Waals surface area contributed by atoms with Crippen molar-refractivity contribution in [2.45, 2.75) is 31.1 Å². The molecule has 2 aromatic rings. The number of carbonyl (C=O) groups is 1. The van der Waals surface area contributed by atoms with Gasteiger partial charge in [-0.15, -0.1) is 0 Å². The van der Waals surface area contributed by atoms with E-state index in [4.69, 9.17) is 9.47 Å². The summed E-state index contributed by atoms with van der Waals surface area (Å²) < 4.78 is 10.6. The number of methoxy groups -OCH3 is 2. The molecule has 9 nitrogen and oxygen atoms in total. The van der Waals surface area contributed by atoms with Gasteiger partial charge in [-0.05, 0) is 36.1 Å². The minimum Gasteiger partial charge on any atom is -0.493 e. The Morgan fingerprint density at radius 2 is 1.97 bits per heavy atom. The van der Waals surface area contributed by atoms with Crippen molar-refractivity contribution in [1.29, 1.82) is 0 Å². The number of amidine groups is 1. The molecule has 10 heteroatoms. The normalized spacial score (nSPS) is 22.2. The summed E-state index contributed by atoms with van der Waals surface area (Å²) in [6.07, 6.45) is 5.78. The van der Waals surface area contributed by atoms with Gasteiger partial charge in [-0.1, -0.05) is 48.2 Å². The SMILES string of the molecule is COc1ccc(CCNC(=O)CSC2=NNC3C4CC(c5ccccc5)NN4C=CN23)cc1OC. The number of hydrogen-bond donors (Lipinski definition) is 3. The van der Waals surface area contributed by atoms with E-state index in [1.165, 1.54) is 17.3 Å². The van der Waals surface area contributed by atoms with Crippen molar-refractivity contribution in [1.82, 2.24) is 26.1 Å². The molecule has 1 saturated heterocycles. The van der Waals surface area contributed by atoms with E-state index in [0.29, 0.717) is 30.2 Å². The Balaban J connectivity index is 1.08. The van der Waals surface area contributed by atoms with Gasteiger partial charge in [0.15, 0.2) is 16.7 Å². The number of nitrogens with zero attached hydrogens (tertiary/aromatic N) is 3. The van der Waals surface area contributed by atoms with Gasteiger partial charge in [0.2, 0.25) is 5.91 Å². The number of fused-ring (bicyclic) bond motifs is 3. The zero-order valence-corrected chi connectivity index (χ0v) is 20.6. The second-order valence-corrected chi connectivity index (χ2v) is 9.50. The minimum atomic E-state index is -0.0177. The maximum atomic E-state index is 12.4. The van der Waals surface area contributed by atoms with Crippen LogP contribution in [0.2, 0.25) is 0 Å². The second-order valence-electron chi connectivity index (χ2n) is 8.55. The van der Waals surface area contributed by atoms with Crippen molar-refractivity contribution >= 4 is 22.8 Å². The number of hydrazone groups is 1. The number of carbonyl (C=O) groups excluding carboxylic acids is 1. The van der Waals surface area contributed by atoms with Gasteiger partial charge >= 0.3 is 0 Å². The smallest absolute Gasteiger partial charge is 0.230 e. The Morgan fingerprint density at radius 3 is 2.77 bits per heavy atom. The largest absolute Gasteiger partial charge is 0.493 e. The van der Waals surface area contributed by atoms with Crippen LogP contribution in [0.4, 0.5) is 0 Å². The lowest BCUT2D eigenvalue weighted by Crippen LogP contribution is -2.54. The van der Waals surface area contributed by atoms with Crippen molar-refractivity contribution in [2.75, 3.05) is 26.5 Å². The highest BCUT2D eigenvalue weighted by Gasteiger charge is 2.44. The molecule has 1 fully saturated rings. The summed E-state index contributed by atoms with van der Waals surface area (Å²) in [5.74, 6) is 1.67. The van der Waals surface area contributed by atoms with Crippen LogP contribution in [0.15, 0.2) is 66.0 Å². The van der Waals surface area contributed by atoms with Crippen molar-refractivity contribution in [3.8, 4) is 11.5 Å². The second kappa shape index (κ2) is 10.5. The van der Waals surface area contributed by atoms with Crippen molar-refractivity contribution in [2.24, 2.45) is 5.10 Å². The van der Waals surface area contributed by atoms with Crippen LogP contribution in [0.5, 0.6) is 11.5 Å². The highest BCUT2D eigenvalue weighted by molar-refractivity contribution is 8.14. The third-order valence-electron chi connectivity index (χ3n) is 6.42. The van der Waals surface area contributed by atoms with Crippen molar-refractivity contribution < 1.29 is 14.3 Å². The van der Waals surface area contributed by atoms with E-state index >= 15 is 0 Å². The Hall–Kier alpha value is -3.37. The number of hydrogen-bond acceptors (Lipinski definition) is 9. The quantitative estimate of drug-likeness (QED) is 0.516. The Morgan fingerprint density at radius 1 is 1.14 bits per heavy atom. The van der Waals surface area contributed by atoms with Gasteiger partial charge in [0.1, 0.15) is 6.17 Å². The molecule has 0 saturated carbocycles. The van der Waals surface area contributed by atoms with E-state index in [1.54, 1.807) is 14.2 Å². The van der Waals surface area contributed by atoms with E-state index in [9.17, 15) is 4.79 Å². The van der Waals surface area contributed by atoms with Crippen LogP contribution in [-0.2, 0) is 11.2 Å². The molecular formula is C25H30N6O3S. The molecule has 2 aromatic carbocycles. The van der Waals surface area contributed by atoms with Gasteiger partial charge in [0.05, 0.1) is 32.1 Å². The fourth-order valence-corrected chi connectivity index (χ4v) is 5.42. The van der Waals surface area contributed by atoms with E-state index in [-0.39, 0.29) is 24.2 Å². The van der Waals surface area contributed by atoms with E-state index in [2.05, 4.69) is 61.6 Å². The average Bonchev–Trinajstić information content (AvgIpc) is 3.52. The lowest BCUT2D eigenvalue weighted by Gasteiger charge is -2.36. The average molecular weight is 495 g/mol. The topological polar surface area (TPSA) is 90.5 Å². The molecule has 0 aliphatic carbocycles. The number of thioether (sulfide) groups is 1. The molecule has 0 bridgehead atoms. The number of rotatable bonds is 8. The van der Waals surface area contributed by atoms with Crippen LogP contribution < -0.4 is 25.6 Å². The predicted molar refractivity (Wildman–Crippen MR) is 137 cm³/mol. The molecule has 184 valence electrons. The standard InChI is InChI=1S/C25H30N6O3S/c1-33-21-9-8-17(14-22(21)34-2)10-11-26-23(32)16-35-25-28-27-24-20-15-19(18-6-4-3-5-7-18)29-31(20)13-12-30(24)25/h3-9,12-14,19-20,24,27,29H,10-11,15-16H2,1-2H3,(H,26,32). The van der Waals surface area contributed by atoms with Crippen molar-refractivity contribution in [3.05, 3.63) is 72.1 Å². The summed E-state index contributed by atoms with van der Waals surface area (Å²) >= 11 is 1.44. The van der Waals surface area contributed by atoms with Gasteiger partial charge < -0.3 is 24.7 Å². The first-order valence-electron chi connectivity index (χ1n) is 11.7. The lowest BCUT2D eigenvalue weighted by molar-refractivity contribution is -0.118. The van der Waals surface area contributed by atoms with E-state index in [1.807, 2.05) is 30.5 Å². The summed E-state index contributed by atoms with van der Waals surface area (Å²) in [6, 6.07) is 16.8. The molecule has 0 spiro atoms. The van der Waals surface area contributed by atoms with Gasteiger partial charge in [-0.3, -0.25) is 10.2 Å². The van der Waals surface area contributed by atoms with Gasteiger partial charge in [0, 0.05) is 18.9 Å². The number of nitrogens with one attached hydrogen (secondary N) is 3. The molecule has 1 amide bonds. The third kappa shape index (κ3) is 5.03. The zero-order valence-electron chi connectivity index (χ0n) is 19.8. The van der Waals surface area contributed by atoms with E-state index < -0.39 is 0 Å². The summed E-state index contributed by atoms with van der Waals surface area (Å²) in [4.78, 5) is 14.6. The van der Waals surface area contributed by atoms with Crippen LogP contribution in [-0.4, -0.2) is 59.7 Å². The fourth-order valence-electron chi connectivity index (χ4n) is 4.62. The number of benzene rings is 2. The Labute approximate surface area is 209 Å². The van der Waals surface area contributed by atoms with Crippen LogP contribution in [0.25, 0.3) is 0 Å². The van der Waals surface area contributed by atoms with E-state index in [0.717, 1.165) is 17.2 Å². The molecule has 3 unspecified atom stereocenters. The lowest BCUT2D eigenvalue weighted by atomic mass is 10.00. The first-order valence-corrected chi connectivity index (χ1v) is 12.6. The first kappa shape index (κ1) is 23.4. The van der Waals surface area contributed by atoms with Crippen molar-refractivity contribution in [3.63, 3.8) is 0 Å². The summed E-state index contributed by atoms with van der Waals surface area (Å²) in [5.41, 5.74) is 9.20. The molecule has 0 radical (unpaired) electrons. The van der Waals surface area contributed by atoms with Crippen LogP contribution >= 0.6 is 11.8 Å². The van der Waals surface area contributed by atoms with Crippen LogP contribution in [0, 0.1) is 0 Å². The Kier molecular flexibility index (Phi) is 7.01. The predicted octanol–water partition coefficient (Wildman–Crippen LogP) is 2.40. The maximum absolute atomic E-state index is 12.4. The summed E-state index contributed by atoms with van der Waals surface area (Å²) in [5, 5.41) is 10.5. The highest BCUT2D eigenvalue weighted by Crippen LogP contribution is 2.35. The van der Waals surface area contributed by atoms with Gasteiger partial charge in [-0.2, -0.15) is 5.10 Å². The summed E-state index contributed by atoms with van der Waals surface area (Å²) in [7, 11) is 3.23. The number of amides is 1. The zero-order chi connectivity index (χ0) is 24.2.